The summed E-state index contributed by atoms with van der Waals surface area (Å²) in [6.45, 7) is 0. The Morgan fingerprint density at radius 3 is 2.79 bits per heavy atom. The number of carbonyl (C=O) groups excluding carboxylic acids is 1. The molecule has 2 aromatic carbocycles. The van der Waals surface area contributed by atoms with Crippen LogP contribution in [0.25, 0.3) is 17.2 Å². The molecule has 1 aliphatic carbocycles. The third-order valence-electron chi connectivity index (χ3n) is 4.48. The van der Waals surface area contributed by atoms with Gasteiger partial charge in [-0.25, -0.2) is 4.98 Å². The maximum absolute atomic E-state index is 12.3. The van der Waals surface area contributed by atoms with Crippen LogP contribution < -0.4 is 14.8 Å². The third-order valence-corrected chi connectivity index (χ3v) is 4.76. The number of aromatic nitrogens is 1. The van der Waals surface area contributed by atoms with E-state index in [4.69, 9.17) is 25.5 Å². The van der Waals surface area contributed by atoms with Gasteiger partial charge >= 0.3 is 0 Å². The highest BCUT2D eigenvalue weighted by molar-refractivity contribution is 6.32. The lowest BCUT2D eigenvalue weighted by molar-refractivity contribution is -0.111. The molecular formula is C21H19ClN2O4. The minimum Gasteiger partial charge on any atom is -0.493 e. The lowest BCUT2D eigenvalue weighted by Crippen LogP contribution is -2.07. The van der Waals surface area contributed by atoms with Crippen LogP contribution in [0.2, 0.25) is 5.02 Å². The molecular weight excluding hydrogens is 380 g/mol. The number of hydrogen-bond acceptors (Lipinski definition) is 5. The smallest absolute Gasteiger partial charge is 0.248 e. The summed E-state index contributed by atoms with van der Waals surface area (Å²) in [6.07, 6.45) is 5.34. The number of anilines is 1. The van der Waals surface area contributed by atoms with E-state index >= 15 is 0 Å². The van der Waals surface area contributed by atoms with Gasteiger partial charge in [-0.1, -0.05) is 11.6 Å². The van der Waals surface area contributed by atoms with Gasteiger partial charge < -0.3 is 19.2 Å². The maximum Gasteiger partial charge on any atom is 0.248 e. The fourth-order valence-corrected chi connectivity index (χ4v) is 3.21. The standard InChI is InChI=1S/C21H19ClN2O4/c1-26-18-10-12(9-15(22)20(18)27-2)3-8-19(25)23-14-6-7-17-16(11-14)24-21(28-17)13-4-5-13/h3,6-11,13H,4-5H2,1-2H3,(H,23,25)/b8-3+. The number of carbonyl (C=O) groups is 1. The summed E-state index contributed by atoms with van der Waals surface area (Å²) in [5, 5.41) is 3.24. The van der Waals surface area contributed by atoms with E-state index in [1.165, 1.54) is 20.3 Å². The molecule has 0 atom stereocenters. The lowest BCUT2D eigenvalue weighted by Gasteiger charge is -2.10. The molecule has 1 aromatic heterocycles. The number of ether oxygens (including phenoxy) is 2. The molecule has 1 N–H and O–H groups in total. The van der Waals surface area contributed by atoms with Crippen molar-refractivity contribution in [3.8, 4) is 11.5 Å². The van der Waals surface area contributed by atoms with Crippen molar-refractivity contribution in [3.63, 3.8) is 0 Å². The van der Waals surface area contributed by atoms with Crippen molar-refractivity contribution in [2.75, 3.05) is 19.5 Å². The number of oxazole rings is 1. The minimum absolute atomic E-state index is 0.267. The van der Waals surface area contributed by atoms with Gasteiger partial charge in [-0.3, -0.25) is 4.79 Å². The first-order valence-electron chi connectivity index (χ1n) is 8.88. The van der Waals surface area contributed by atoms with Gasteiger partial charge in [0.15, 0.2) is 23.0 Å². The van der Waals surface area contributed by atoms with Gasteiger partial charge in [0.1, 0.15) is 5.52 Å². The van der Waals surface area contributed by atoms with Crippen LogP contribution in [0.4, 0.5) is 5.69 Å². The number of amides is 1. The van der Waals surface area contributed by atoms with Gasteiger partial charge in [-0.2, -0.15) is 0 Å². The first kappa shape index (κ1) is 18.4. The highest BCUT2D eigenvalue weighted by atomic mass is 35.5. The lowest BCUT2D eigenvalue weighted by atomic mass is 10.2. The van der Waals surface area contributed by atoms with Crippen LogP contribution in [0, 0.1) is 0 Å². The highest BCUT2D eigenvalue weighted by Gasteiger charge is 2.28. The number of benzene rings is 2. The molecule has 1 aliphatic rings. The van der Waals surface area contributed by atoms with E-state index in [2.05, 4.69) is 10.3 Å². The second kappa shape index (κ2) is 7.56. The minimum atomic E-state index is -0.267. The molecule has 0 radical (unpaired) electrons. The molecule has 1 heterocycles. The molecule has 0 unspecified atom stereocenters. The van der Waals surface area contributed by atoms with Gasteiger partial charge in [0.25, 0.3) is 0 Å². The highest BCUT2D eigenvalue weighted by Crippen LogP contribution is 2.40. The normalized spacial score (nSPS) is 13.8. The van der Waals surface area contributed by atoms with E-state index in [1.54, 1.807) is 24.3 Å². The SMILES string of the molecule is COc1cc(/C=C/C(=O)Nc2ccc3oc(C4CC4)nc3c2)cc(Cl)c1OC. The Hall–Kier alpha value is -2.99. The third kappa shape index (κ3) is 3.82. The van der Waals surface area contributed by atoms with Crippen molar-refractivity contribution in [2.24, 2.45) is 0 Å². The largest absolute Gasteiger partial charge is 0.493 e. The Morgan fingerprint density at radius 2 is 2.07 bits per heavy atom. The Kier molecular flexibility index (Phi) is 4.96. The predicted molar refractivity (Wildman–Crippen MR) is 108 cm³/mol. The topological polar surface area (TPSA) is 73.6 Å². The predicted octanol–water partition coefficient (Wildman–Crippen LogP) is 5.03. The van der Waals surface area contributed by atoms with Gasteiger partial charge in [0.2, 0.25) is 5.91 Å². The average molecular weight is 399 g/mol. The van der Waals surface area contributed by atoms with E-state index in [-0.39, 0.29) is 5.91 Å². The molecule has 0 saturated heterocycles. The van der Waals surface area contributed by atoms with Crippen LogP contribution in [0.15, 0.2) is 40.8 Å². The second-order valence-corrected chi connectivity index (χ2v) is 6.98. The Labute approximate surface area is 167 Å². The molecule has 1 amide bonds. The number of fused-ring (bicyclic) bond motifs is 1. The Balaban J connectivity index is 1.48. The molecule has 1 saturated carbocycles. The molecule has 6 nitrogen and oxygen atoms in total. The summed E-state index contributed by atoms with van der Waals surface area (Å²) < 4.78 is 16.2. The van der Waals surface area contributed by atoms with Crippen LogP contribution in [-0.2, 0) is 4.79 Å². The number of rotatable bonds is 6. The van der Waals surface area contributed by atoms with E-state index in [1.807, 2.05) is 12.1 Å². The van der Waals surface area contributed by atoms with E-state index in [9.17, 15) is 4.79 Å². The fraction of sp³-hybridized carbons (Fsp3) is 0.238. The molecule has 0 spiro atoms. The van der Waals surface area contributed by atoms with Gasteiger partial charge in [0, 0.05) is 17.7 Å². The van der Waals surface area contributed by atoms with E-state index < -0.39 is 0 Å². The Morgan fingerprint density at radius 1 is 1.25 bits per heavy atom. The molecule has 4 rings (SSSR count). The monoisotopic (exact) mass is 398 g/mol. The molecule has 0 aliphatic heterocycles. The van der Waals surface area contributed by atoms with Crippen molar-refractivity contribution < 1.29 is 18.7 Å². The second-order valence-electron chi connectivity index (χ2n) is 6.57. The zero-order chi connectivity index (χ0) is 19.7. The van der Waals surface area contributed by atoms with Crippen molar-refractivity contribution >= 4 is 40.4 Å². The van der Waals surface area contributed by atoms with Gasteiger partial charge in [-0.05, 0) is 54.8 Å². The van der Waals surface area contributed by atoms with Crippen molar-refractivity contribution in [3.05, 3.63) is 52.9 Å². The van der Waals surface area contributed by atoms with E-state index in [0.29, 0.717) is 28.1 Å². The van der Waals surface area contributed by atoms with Crippen LogP contribution in [0.5, 0.6) is 11.5 Å². The Bertz CT molecular complexity index is 1070. The number of nitrogens with zero attached hydrogens (tertiary/aromatic N) is 1. The first-order chi connectivity index (χ1) is 13.6. The van der Waals surface area contributed by atoms with Crippen molar-refractivity contribution in [2.45, 2.75) is 18.8 Å². The zero-order valence-corrected chi connectivity index (χ0v) is 16.2. The zero-order valence-electron chi connectivity index (χ0n) is 15.5. The number of nitrogens with one attached hydrogen (secondary N) is 1. The number of halogens is 1. The summed E-state index contributed by atoms with van der Waals surface area (Å²) in [5.41, 5.74) is 2.85. The van der Waals surface area contributed by atoms with Crippen LogP contribution >= 0.6 is 11.6 Å². The van der Waals surface area contributed by atoms with E-state index in [0.717, 1.165) is 35.4 Å². The number of methoxy groups -OCH3 is 2. The molecule has 7 heteroatoms. The average Bonchev–Trinajstić information content (AvgIpc) is 3.45. The summed E-state index contributed by atoms with van der Waals surface area (Å²) >= 11 is 6.19. The van der Waals surface area contributed by atoms with Crippen molar-refractivity contribution in [1.29, 1.82) is 0 Å². The summed E-state index contributed by atoms with van der Waals surface area (Å²) in [7, 11) is 3.05. The fourth-order valence-electron chi connectivity index (χ4n) is 2.92. The van der Waals surface area contributed by atoms with Gasteiger partial charge in [-0.15, -0.1) is 0 Å². The maximum atomic E-state index is 12.3. The molecule has 3 aromatic rings. The first-order valence-corrected chi connectivity index (χ1v) is 9.26. The molecule has 1 fully saturated rings. The summed E-state index contributed by atoms with van der Waals surface area (Å²) in [6, 6.07) is 8.87. The van der Waals surface area contributed by atoms with Crippen LogP contribution in [-0.4, -0.2) is 25.1 Å². The quantitative estimate of drug-likeness (QED) is 0.589. The van der Waals surface area contributed by atoms with Gasteiger partial charge in [0.05, 0.1) is 19.2 Å². The molecule has 28 heavy (non-hydrogen) atoms. The van der Waals surface area contributed by atoms with Crippen LogP contribution in [0.1, 0.15) is 30.2 Å². The summed E-state index contributed by atoms with van der Waals surface area (Å²) in [5.74, 6) is 1.91. The van der Waals surface area contributed by atoms with Crippen molar-refractivity contribution in [1.82, 2.24) is 4.98 Å². The summed E-state index contributed by atoms with van der Waals surface area (Å²) in [4.78, 5) is 16.8. The van der Waals surface area contributed by atoms with Crippen LogP contribution in [0.3, 0.4) is 0 Å². The number of hydrogen-bond donors (Lipinski definition) is 1. The molecule has 144 valence electrons. The molecule has 0 bridgehead atoms.